The highest BCUT2D eigenvalue weighted by Gasteiger charge is 2.00. The van der Waals surface area contributed by atoms with E-state index in [1.165, 1.54) is 24.8 Å². The lowest BCUT2D eigenvalue weighted by atomic mass is 10.1. The van der Waals surface area contributed by atoms with Gasteiger partial charge in [0.2, 0.25) is 0 Å². The quantitative estimate of drug-likeness (QED) is 0.729. The molecule has 1 aromatic carbocycles. The summed E-state index contributed by atoms with van der Waals surface area (Å²) in [4.78, 5) is 0. The van der Waals surface area contributed by atoms with Gasteiger partial charge in [-0.2, -0.15) is 0 Å². The van der Waals surface area contributed by atoms with Crippen molar-refractivity contribution in [2.75, 3.05) is 0 Å². The minimum atomic E-state index is 0.949. The van der Waals surface area contributed by atoms with E-state index in [0.29, 0.717) is 0 Å². The molecule has 0 fully saturated rings. The van der Waals surface area contributed by atoms with Crippen LogP contribution in [-0.4, -0.2) is 15.0 Å². The van der Waals surface area contributed by atoms with E-state index in [1.807, 2.05) is 28.9 Å². The van der Waals surface area contributed by atoms with Gasteiger partial charge >= 0.3 is 0 Å². The molecule has 0 N–H and O–H groups in total. The van der Waals surface area contributed by atoms with Crippen LogP contribution in [0, 0.1) is 0 Å². The minimum absolute atomic E-state index is 0.949. The van der Waals surface area contributed by atoms with E-state index in [1.54, 1.807) is 0 Å². The molecule has 0 amide bonds. The summed E-state index contributed by atoms with van der Waals surface area (Å²) in [7, 11) is 0. The van der Waals surface area contributed by atoms with Crippen molar-refractivity contribution >= 4 is 17.2 Å². The van der Waals surface area contributed by atoms with Gasteiger partial charge in [0.25, 0.3) is 0 Å². The van der Waals surface area contributed by atoms with Gasteiger partial charge in [-0.05, 0) is 31.9 Å². The van der Waals surface area contributed by atoms with Crippen LogP contribution < -0.4 is 0 Å². The molecular weight excluding hydrogens is 210 g/mol. The molecule has 17 heavy (non-hydrogen) atoms. The van der Waals surface area contributed by atoms with Gasteiger partial charge in [0.15, 0.2) is 0 Å². The summed E-state index contributed by atoms with van der Waals surface area (Å²) in [5.74, 6) is 0. The summed E-state index contributed by atoms with van der Waals surface area (Å²) in [5, 5.41) is 8.29. The van der Waals surface area contributed by atoms with Crippen molar-refractivity contribution in [3.05, 3.63) is 29.8 Å². The second-order valence-corrected chi connectivity index (χ2v) is 4.46. The number of nitrogens with zero attached hydrogens (tertiary/aromatic N) is 3. The predicted octanol–water partition coefficient (Wildman–Crippen LogP) is 3.87. The van der Waals surface area contributed by atoms with Crippen molar-refractivity contribution < 1.29 is 0 Å². The SMILES string of the molecule is CCCCC/C(C)=C\n1nnc2ccccc21. The molecule has 0 unspecified atom stereocenters. The fraction of sp³-hybridized carbons (Fsp3) is 0.429. The lowest BCUT2D eigenvalue weighted by molar-refractivity contribution is 0.712. The van der Waals surface area contributed by atoms with Gasteiger partial charge in [0.1, 0.15) is 5.52 Å². The zero-order chi connectivity index (χ0) is 12.1. The molecule has 0 aliphatic rings. The van der Waals surface area contributed by atoms with Crippen LogP contribution >= 0.6 is 0 Å². The van der Waals surface area contributed by atoms with Crippen LogP contribution in [0.3, 0.4) is 0 Å². The van der Waals surface area contributed by atoms with Gasteiger partial charge in [-0.25, -0.2) is 4.68 Å². The molecule has 3 nitrogen and oxygen atoms in total. The summed E-state index contributed by atoms with van der Waals surface area (Å²) in [6.45, 7) is 4.39. The molecule has 0 aliphatic carbocycles. The highest BCUT2D eigenvalue weighted by Crippen LogP contribution is 2.13. The standard InChI is InChI=1S/C14H19N3/c1-3-4-5-8-12(2)11-17-14-10-7-6-9-13(14)15-16-17/h6-7,9-11H,3-5,8H2,1-2H3/b12-11-. The van der Waals surface area contributed by atoms with Gasteiger partial charge in [0, 0.05) is 6.20 Å². The molecule has 0 radical (unpaired) electrons. The Balaban J connectivity index is 2.14. The number of fused-ring (bicyclic) bond motifs is 1. The molecule has 3 heteroatoms. The molecule has 0 bridgehead atoms. The largest absolute Gasteiger partial charge is 0.220 e. The molecule has 0 atom stereocenters. The fourth-order valence-electron chi connectivity index (χ4n) is 1.91. The number of para-hydroxylation sites is 1. The average Bonchev–Trinajstić information content (AvgIpc) is 2.73. The Hall–Kier alpha value is -1.64. The Labute approximate surface area is 102 Å². The maximum atomic E-state index is 4.15. The molecule has 0 aliphatic heterocycles. The summed E-state index contributed by atoms with van der Waals surface area (Å²) in [6, 6.07) is 8.03. The molecule has 0 spiro atoms. The molecular formula is C14H19N3. The van der Waals surface area contributed by atoms with Crippen molar-refractivity contribution in [2.45, 2.75) is 39.5 Å². The normalized spacial score (nSPS) is 12.2. The van der Waals surface area contributed by atoms with E-state index in [0.717, 1.165) is 17.5 Å². The smallest absolute Gasteiger partial charge is 0.113 e. The first-order valence-corrected chi connectivity index (χ1v) is 6.28. The molecule has 0 saturated carbocycles. The number of rotatable bonds is 5. The Morgan fingerprint density at radius 1 is 1.29 bits per heavy atom. The van der Waals surface area contributed by atoms with Crippen molar-refractivity contribution in [1.29, 1.82) is 0 Å². The maximum Gasteiger partial charge on any atom is 0.113 e. The third-order valence-electron chi connectivity index (χ3n) is 2.89. The first-order valence-electron chi connectivity index (χ1n) is 6.28. The second kappa shape index (κ2) is 5.62. The lowest BCUT2D eigenvalue weighted by Crippen LogP contribution is -1.91. The van der Waals surface area contributed by atoms with E-state index in [9.17, 15) is 0 Å². The molecule has 90 valence electrons. The zero-order valence-corrected chi connectivity index (χ0v) is 10.6. The van der Waals surface area contributed by atoms with E-state index < -0.39 is 0 Å². The molecule has 1 heterocycles. The van der Waals surface area contributed by atoms with Gasteiger partial charge in [0.05, 0.1) is 5.52 Å². The maximum absolute atomic E-state index is 4.15. The molecule has 2 aromatic rings. The number of hydrogen-bond acceptors (Lipinski definition) is 2. The number of aromatic nitrogens is 3. The third kappa shape index (κ3) is 2.93. The first-order chi connectivity index (χ1) is 8.31. The van der Waals surface area contributed by atoms with Crippen LogP contribution in [0.2, 0.25) is 0 Å². The summed E-state index contributed by atoms with van der Waals surface area (Å²) >= 11 is 0. The zero-order valence-electron chi connectivity index (χ0n) is 10.6. The average molecular weight is 229 g/mol. The minimum Gasteiger partial charge on any atom is -0.220 e. The Kier molecular flexibility index (Phi) is 3.91. The van der Waals surface area contributed by atoms with E-state index in [4.69, 9.17) is 0 Å². The number of benzene rings is 1. The number of allylic oxidation sites excluding steroid dienone is 1. The van der Waals surface area contributed by atoms with E-state index >= 15 is 0 Å². The highest BCUT2D eigenvalue weighted by molar-refractivity contribution is 5.75. The van der Waals surface area contributed by atoms with Crippen LogP contribution in [0.4, 0.5) is 0 Å². The van der Waals surface area contributed by atoms with Crippen LogP contribution in [0.25, 0.3) is 17.2 Å². The topological polar surface area (TPSA) is 30.7 Å². The Morgan fingerprint density at radius 2 is 2.12 bits per heavy atom. The number of hydrogen-bond donors (Lipinski definition) is 0. The van der Waals surface area contributed by atoms with Crippen molar-refractivity contribution in [3.63, 3.8) is 0 Å². The summed E-state index contributed by atoms with van der Waals surface area (Å²) in [5.41, 5.74) is 3.38. The van der Waals surface area contributed by atoms with Crippen molar-refractivity contribution in [2.24, 2.45) is 0 Å². The van der Waals surface area contributed by atoms with Crippen molar-refractivity contribution in [1.82, 2.24) is 15.0 Å². The summed E-state index contributed by atoms with van der Waals surface area (Å²) < 4.78 is 1.87. The highest BCUT2D eigenvalue weighted by atomic mass is 15.4. The van der Waals surface area contributed by atoms with Gasteiger partial charge in [-0.1, -0.05) is 42.7 Å². The molecule has 1 aromatic heterocycles. The fourth-order valence-corrected chi connectivity index (χ4v) is 1.91. The summed E-state index contributed by atoms with van der Waals surface area (Å²) in [6.07, 6.45) is 7.04. The second-order valence-electron chi connectivity index (χ2n) is 4.46. The Bertz CT molecular complexity index is 511. The molecule has 0 saturated heterocycles. The third-order valence-corrected chi connectivity index (χ3v) is 2.89. The van der Waals surface area contributed by atoms with Gasteiger partial charge in [-0.3, -0.25) is 0 Å². The van der Waals surface area contributed by atoms with Crippen molar-refractivity contribution in [3.8, 4) is 0 Å². The van der Waals surface area contributed by atoms with E-state index in [2.05, 4.69) is 30.4 Å². The van der Waals surface area contributed by atoms with E-state index in [-0.39, 0.29) is 0 Å². The van der Waals surface area contributed by atoms with Crippen LogP contribution in [0.5, 0.6) is 0 Å². The van der Waals surface area contributed by atoms with Crippen LogP contribution in [-0.2, 0) is 0 Å². The van der Waals surface area contributed by atoms with Gasteiger partial charge in [-0.15, -0.1) is 5.10 Å². The molecule has 2 rings (SSSR count). The van der Waals surface area contributed by atoms with Crippen LogP contribution in [0.15, 0.2) is 29.8 Å². The van der Waals surface area contributed by atoms with Crippen LogP contribution in [0.1, 0.15) is 39.5 Å². The first kappa shape index (κ1) is 11.8. The number of unbranched alkanes of at least 4 members (excludes halogenated alkanes) is 2. The monoisotopic (exact) mass is 229 g/mol. The Morgan fingerprint density at radius 3 is 2.94 bits per heavy atom. The predicted molar refractivity (Wildman–Crippen MR) is 71.6 cm³/mol. The van der Waals surface area contributed by atoms with Gasteiger partial charge < -0.3 is 0 Å². The lowest BCUT2D eigenvalue weighted by Gasteiger charge is -2.01.